The number of hydrogen-bond acceptors (Lipinski definition) is 18. The second kappa shape index (κ2) is 27.9. The molecule has 12 aromatic carbocycles. The van der Waals surface area contributed by atoms with Gasteiger partial charge in [0.25, 0.3) is 0 Å². The minimum absolute atomic E-state index is 0. The maximum Gasteiger partial charge on any atom is 6.00 e. The predicted octanol–water partition coefficient (Wildman–Crippen LogP) is 10.5. The van der Waals surface area contributed by atoms with Crippen molar-refractivity contribution >= 4 is 125 Å². The Morgan fingerprint density at radius 3 is 0.388 bits per heavy atom. The summed E-state index contributed by atoms with van der Waals surface area (Å²) in [7, 11) is -26.3. The quantitative estimate of drug-likeness (QED) is 0.140. The first-order valence-corrected chi connectivity index (χ1v) is 32.6. The molecule has 18 nitrogen and oxygen atoms in total. The van der Waals surface area contributed by atoms with Crippen molar-refractivity contribution in [1.29, 1.82) is 0 Å². The van der Waals surface area contributed by atoms with E-state index in [2.05, 4.69) is 0 Å². The summed E-state index contributed by atoms with van der Waals surface area (Å²) < 4.78 is 196. The van der Waals surface area contributed by atoms with E-state index in [0.29, 0.717) is 32.3 Å². The van der Waals surface area contributed by atoms with Gasteiger partial charge in [-0.1, -0.05) is 218 Å². The van der Waals surface area contributed by atoms with E-state index in [1.54, 1.807) is 218 Å². The summed E-state index contributed by atoms with van der Waals surface area (Å²) in [6, 6.07) is 69.3. The van der Waals surface area contributed by atoms with Gasteiger partial charge in [-0.05, 0) is 101 Å². The first-order valence-electron chi connectivity index (χ1n) is 24.2. The van der Waals surface area contributed by atoms with Crippen molar-refractivity contribution in [2.24, 2.45) is 0 Å². The van der Waals surface area contributed by atoms with Crippen LogP contribution < -0.4 is 0 Å². The fourth-order valence-corrected chi connectivity index (χ4v) is 12.7. The molecule has 0 fully saturated rings. The van der Waals surface area contributed by atoms with E-state index < -0.39 is 60.7 Å². The Hall–Kier alpha value is -7.81. The molecule has 0 saturated carbocycles. The molecule has 0 heterocycles. The summed E-state index contributed by atoms with van der Waals surface area (Å²) >= 11 is 0. The molecule has 0 unspecified atom stereocenters. The SMILES string of the molecule is O=S(=O)([O-])c1cccc2ccccc12.O=S(=O)([O-])c1cccc2ccccc12.O=S(=O)([O-])c1cccc2ccccc12.O=S(=O)([O-])c1cccc2ccccc12.O=S(=O)([O-])c1cccc2ccccc12.O=S(=O)([O-])c1cccc2ccccc12.[Cr+6]. The van der Waals surface area contributed by atoms with E-state index in [9.17, 15) is 77.8 Å². The first-order chi connectivity index (χ1) is 39.5. The molecule has 12 aromatic rings. The van der Waals surface area contributed by atoms with Crippen LogP contribution in [0.4, 0.5) is 0 Å². The molecule has 85 heavy (non-hydrogen) atoms. The van der Waals surface area contributed by atoms with Gasteiger partial charge in [-0.3, -0.25) is 0 Å². The molecule has 25 heteroatoms. The minimum atomic E-state index is -4.38. The van der Waals surface area contributed by atoms with Gasteiger partial charge in [-0.15, -0.1) is 0 Å². The standard InChI is InChI=1S/6C10H8O3S.Cr/c6*11-14(12,13)10-7-3-5-8-4-1-2-6-9(8)10;/h6*1-7H,(H,11,12,13);/q;;;;;;+6/p-6. The topological polar surface area (TPSA) is 343 Å². The van der Waals surface area contributed by atoms with Crippen LogP contribution in [0.1, 0.15) is 0 Å². The third-order valence-corrected chi connectivity index (χ3v) is 17.5. The van der Waals surface area contributed by atoms with Gasteiger partial charge in [-0.2, -0.15) is 0 Å². The molecule has 0 aromatic heterocycles. The molecule has 0 N–H and O–H groups in total. The molecule has 0 aliphatic rings. The van der Waals surface area contributed by atoms with E-state index in [-0.39, 0.29) is 46.7 Å². The number of benzene rings is 12. The maximum atomic E-state index is 10.9. The second-order valence-corrected chi connectivity index (χ2v) is 25.7. The van der Waals surface area contributed by atoms with Gasteiger partial charge in [0.15, 0.2) is 0 Å². The fraction of sp³-hybridized carbons (Fsp3) is 0. The van der Waals surface area contributed by atoms with Crippen molar-refractivity contribution in [2.45, 2.75) is 29.4 Å². The molecule has 0 aliphatic heterocycles. The maximum absolute atomic E-state index is 10.9. The van der Waals surface area contributed by atoms with Gasteiger partial charge >= 0.3 is 17.4 Å². The molecule has 0 spiro atoms. The molecule has 0 amide bonds. The van der Waals surface area contributed by atoms with Crippen molar-refractivity contribution in [3.05, 3.63) is 255 Å². The van der Waals surface area contributed by atoms with Gasteiger partial charge in [0.1, 0.15) is 60.7 Å². The third-order valence-electron chi connectivity index (χ3n) is 12.1. The molecule has 0 saturated heterocycles. The number of fused-ring (bicyclic) bond motifs is 6. The first kappa shape index (κ1) is 66.3. The van der Waals surface area contributed by atoms with Crippen molar-refractivity contribution in [1.82, 2.24) is 0 Å². The zero-order chi connectivity index (χ0) is 61.1. The van der Waals surface area contributed by atoms with Gasteiger partial charge in [0.05, 0.1) is 29.4 Å². The molecule has 0 bridgehead atoms. The Kier molecular flexibility index (Phi) is 21.8. The summed E-state index contributed by atoms with van der Waals surface area (Å²) in [5.41, 5.74) is 0. The molecular formula is C60H42CrO18S6. The Bertz CT molecular complexity index is 4240. The summed E-state index contributed by atoms with van der Waals surface area (Å²) in [4.78, 5) is -0.941. The van der Waals surface area contributed by atoms with E-state index in [1.807, 2.05) is 0 Å². The van der Waals surface area contributed by atoms with E-state index in [4.69, 9.17) is 0 Å². The van der Waals surface area contributed by atoms with Crippen LogP contribution in [-0.4, -0.2) is 77.8 Å². The number of hydrogen-bond donors (Lipinski definition) is 0. The zero-order valence-electron chi connectivity index (χ0n) is 43.5. The van der Waals surface area contributed by atoms with Gasteiger partial charge in [0.2, 0.25) is 0 Å². The van der Waals surface area contributed by atoms with Crippen LogP contribution in [0.3, 0.4) is 0 Å². The third kappa shape index (κ3) is 17.6. The normalized spacial score (nSPS) is 11.6. The summed E-state index contributed by atoms with van der Waals surface area (Å²) in [6.07, 6.45) is 0. The average molecular weight is 1300 g/mol. The predicted molar refractivity (Wildman–Crippen MR) is 311 cm³/mol. The smallest absolute Gasteiger partial charge is 0.744 e. The molecule has 0 aliphatic carbocycles. The van der Waals surface area contributed by atoms with Crippen LogP contribution >= 0.6 is 0 Å². The van der Waals surface area contributed by atoms with Crippen LogP contribution in [0, 0.1) is 0 Å². The van der Waals surface area contributed by atoms with Gasteiger partial charge < -0.3 is 27.3 Å². The molecule has 12 rings (SSSR count). The van der Waals surface area contributed by atoms with E-state index in [1.165, 1.54) is 36.4 Å². The average Bonchev–Trinajstić information content (AvgIpc) is 3.19. The summed E-state index contributed by atoms with van der Waals surface area (Å²) in [5.74, 6) is 0. The van der Waals surface area contributed by atoms with Gasteiger partial charge in [0, 0.05) is 0 Å². The van der Waals surface area contributed by atoms with Crippen LogP contribution in [0.15, 0.2) is 284 Å². The largest absolute Gasteiger partial charge is 6.00 e. The van der Waals surface area contributed by atoms with Crippen LogP contribution in [-0.2, 0) is 78.1 Å². The number of rotatable bonds is 6. The Balaban J connectivity index is 0.000000163. The van der Waals surface area contributed by atoms with Crippen molar-refractivity contribution in [3.8, 4) is 0 Å². The van der Waals surface area contributed by atoms with E-state index >= 15 is 0 Å². The monoisotopic (exact) mass is 1290 g/mol. The molecule has 0 radical (unpaired) electrons. The van der Waals surface area contributed by atoms with Crippen molar-refractivity contribution in [2.75, 3.05) is 0 Å². The summed E-state index contributed by atoms with van der Waals surface area (Å²) in [5, 5.41) is 7.39. The van der Waals surface area contributed by atoms with Crippen LogP contribution in [0.2, 0.25) is 0 Å². The van der Waals surface area contributed by atoms with Gasteiger partial charge in [-0.25, -0.2) is 50.5 Å². The van der Waals surface area contributed by atoms with Crippen LogP contribution in [0.5, 0.6) is 0 Å². The Morgan fingerprint density at radius 2 is 0.271 bits per heavy atom. The van der Waals surface area contributed by atoms with Crippen molar-refractivity contribution in [3.63, 3.8) is 0 Å². The second-order valence-electron chi connectivity index (χ2n) is 17.6. The molecule has 432 valence electrons. The Morgan fingerprint density at radius 1 is 0.165 bits per heavy atom. The molecule has 0 atom stereocenters. The summed E-state index contributed by atoms with van der Waals surface area (Å²) in [6.45, 7) is 0. The minimum Gasteiger partial charge on any atom is -0.744 e. The molecular weight excluding hydrogens is 1250 g/mol. The van der Waals surface area contributed by atoms with Crippen molar-refractivity contribution < 1.29 is 95.2 Å². The fourth-order valence-electron chi connectivity index (χ4n) is 8.48. The zero-order valence-corrected chi connectivity index (χ0v) is 49.6. The Labute approximate surface area is 500 Å². The van der Waals surface area contributed by atoms with E-state index in [0.717, 1.165) is 32.3 Å². The van der Waals surface area contributed by atoms with Crippen LogP contribution in [0.25, 0.3) is 64.6 Å².